The molecule has 0 spiro atoms. The largest absolute Gasteiger partial charge is 0.322 e. The Morgan fingerprint density at radius 3 is 2.55 bits per heavy atom. The molecule has 1 N–H and O–H groups in total. The lowest BCUT2D eigenvalue weighted by molar-refractivity contribution is -0.111. The average molecular weight is 266 g/mol. The zero-order chi connectivity index (χ0) is 14.4. The Labute approximate surface area is 119 Å². The van der Waals surface area contributed by atoms with E-state index >= 15 is 0 Å². The predicted molar refractivity (Wildman–Crippen MR) is 82.4 cm³/mol. The maximum atomic E-state index is 11.9. The van der Waals surface area contributed by atoms with Gasteiger partial charge in [0.05, 0.1) is 0 Å². The summed E-state index contributed by atoms with van der Waals surface area (Å²) in [5.41, 5.74) is 2.96. The van der Waals surface area contributed by atoms with Gasteiger partial charge in [0.2, 0.25) is 5.91 Å². The molecule has 2 aromatic rings. The van der Waals surface area contributed by atoms with Crippen molar-refractivity contribution >= 4 is 17.7 Å². The zero-order valence-corrected chi connectivity index (χ0v) is 11.7. The summed E-state index contributed by atoms with van der Waals surface area (Å²) in [5, 5.41) is 2.92. The van der Waals surface area contributed by atoms with E-state index in [9.17, 15) is 4.79 Å². The first kappa shape index (κ1) is 14.0. The molecule has 0 bridgehead atoms. The summed E-state index contributed by atoms with van der Waals surface area (Å²) in [7, 11) is 0. The highest BCUT2D eigenvalue weighted by molar-refractivity contribution is 6.02. The summed E-state index contributed by atoms with van der Waals surface area (Å²) in [6.45, 7) is 4.22. The summed E-state index contributed by atoms with van der Waals surface area (Å²) < 4.78 is 0. The number of rotatable bonds is 4. The van der Waals surface area contributed by atoms with Crippen molar-refractivity contribution in [2.75, 3.05) is 5.32 Å². The molecular formula is C17H18N2O. The monoisotopic (exact) mass is 266 g/mol. The first-order valence-corrected chi connectivity index (χ1v) is 6.65. The lowest BCUT2D eigenvalue weighted by Crippen LogP contribution is -2.10. The van der Waals surface area contributed by atoms with Gasteiger partial charge in [-0.05, 0) is 41.3 Å². The van der Waals surface area contributed by atoms with Crippen LogP contribution < -0.4 is 5.32 Å². The molecule has 0 radical (unpaired) electrons. The number of anilines is 1. The van der Waals surface area contributed by atoms with Gasteiger partial charge in [0.25, 0.3) is 0 Å². The second-order valence-corrected chi connectivity index (χ2v) is 4.85. The van der Waals surface area contributed by atoms with Gasteiger partial charge in [-0.15, -0.1) is 0 Å². The van der Waals surface area contributed by atoms with Crippen LogP contribution in [0.25, 0.3) is 6.08 Å². The van der Waals surface area contributed by atoms with E-state index in [2.05, 4.69) is 24.1 Å². The fourth-order valence-electron chi connectivity index (χ4n) is 1.94. The molecule has 3 nitrogen and oxygen atoms in total. The standard InChI is InChI=1S/C17H18N2O/c1-13(2)15-5-3-4-6-16(15)19-17(20)8-7-14-9-11-18-12-10-14/h3-13H,1-2H3,(H,19,20)/b8-7+. The van der Waals surface area contributed by atoms with E-state index in [1.165, 1.54) is 6.08 Å². The molecule has 1 amide bonds. The first-order chi connectivity index (χ1) is 9.66. The molecule has 1 aromatic heterocycles. The van der Waals surface area contributed by atoms with Crippen LogP contribution in [0.2, 0.25) is 0 Å². The van der Waals surface area contributed by atoms with E-state index in [-0.39, 0.29) is 5.91 Å². The van der Waals surface area contributed by atoms with E-state index in [1.54, 1.807) is 18.5 Å². The summed E-state index contributed by atoms with van der Waals surface area (Å²) >= 11 is 0. The van der Waals surface area contributed by atoms with Gasteiger partial charge in [0.15, 0.2) is 0 Å². The molecule has 0 aliphatic heterocycles. The van der Waals surface area contributed by atoms with Crippen LogP contribution in [-0.2, 0) is 4.79 Å². The van der Waals surface area contributed by atoms with Gasteiger partial charge in [-0.25, -0.2) is 0 Å². The maximum absolute atomic E-state index is 11.9. The van der Waals surface area contributed by atoms with Gasteiger partial charge in [-0.3, -0.25) is 9.78 Å². The van der Waals surface area contributed by atoms with Crippen LogP contribution in [0.4, 0.5) is 5.69 Å². The van der Waals surface area contributed by atoms with Crippen LogP contribution in [-0.4, -0.2) is 10.9 Å². The highest BCUT2D eigenvalue weighted by Gasteiger charge is 2.07. The number of nitrogens with zero attached hydrogens (tertiary/aromatic N) is 1. The highest BCUT2D eigenvalue weighted by Crippen LogP contribution is 2.23. The predicted octanol–water partition coefficient (Wildman–Crippen LogP) is 3.86. The minimum Gasteiger partial charge on any atom is -0.322 e. The zero-order valence-electron chi connectivity index (χ0n) is 11.7. The summed E-state index contributed by atoms with van der Waals surface area (Å²) in [6, 6.07) is 11.6. The number of hydrogen-bond donors (Lipinski definition) is 1. The van der Waals surface area contributed by atoms with Crippen molar-refractivity contribution in [3.8, 4) is 0 Å². The molecule has 0 aliphatic rings. The fraction of sp³-hybridized carbons (Fsp3) is 0.176. The number of hydrogen-bond acceptors (Lipinski definition) is 2. The number of nitrogens with one attached hydrogen (secondary N) is 1. The van der Waals surface area contributed by atoms with Gasteiger partial charge in [-0.2, -0.15) is 0 Å². The van der Waals surface area contributed by atoms with Gasteiger partial charge < -0.3 is 5.32 Å². The number of carbonyl (C=O) groups excluding carboxylic acids is 1. The van der Waals surface area contributed by atoms with Crippen LogP contribution >= 0.6 is 0 Å². The van der Waals surface area contributed by atoms with Crippen LogP contribution in [0.5, 0.6) is 0 Å². The van der Waals surface area contributed by atoms with Crippen LogP contribution in [0, 0.1) is 0 Å². The van der Waals surface area contributed by atoms with Crippen LogP contribution in [0.1, 0.15) is 30.9 Å². The average Bonchev–Trinajstić information content (AvgIpc) is 2.46. The van der Waals surface area contributed by atoms with Crippen molar-refractivity contribution in [3.63, 3.8) is 0 Å². The van der Waals surface area contributed by atoms with Gasteiger partial charge in [-0.1, -0.05) is 32.0 Å². The number of pyridine rings is 1. The minimum atomic E-state index is -0.130. The minimum absolute atomic E-state index is 0.130. The molecule has 1 aromatic carbocycles. The Bertz CT molecular complexity index is 603. The van der Waals surface area contributed by atoms with E-state index in [0.717, 1.165) is 16.8 Å². The Kier molecular flexibility index (Phi) is 4.66. The van der Waals surface area contributed by atoms with Crippen LogP contribution in [0.3, 0.4) is 0 Å². The molecule has 0 saturated carbocycles. The third kappa shape index (κ3) is 3.79. The lowest BCUT2D eigenvalue weighted by atomic mass is 10.0. The molecule has 20 heavy (non-hydrogen) atoms. The van der Waals surface area contributed by atoms with Crippen molar-refractivity contribution in [2.45, 2.75) is 19.8 Å². The van der Waals surface area contributed by atoms with Crippen molar-refractivity contribution in [3.05, 3.63) is 66.0 Å². The quantitative estimate of drug-likeness (QED) is 0.854. The Hall–Kier alpha value is -2.42. The van der Waals surface area contributed by atoms with Crippen LogP contribution in [0.15, 0.2) is 54.9 Å². The molecule has 102 valence electrons. The van der Waals surface area contributed by atoms with Crippen molar-refractivity contribution in [1.29, 1.82) is 0 Å². The normalized spacial score (nSPS) is 10.9. The van der Waals surface area contributed by atoms with E-state index in [4.69, 9.17) is 0 Å². The third-order valence-corrected chi connectivity index (χ3v) is 2.97. The van der Waals surface area contributed by atoms with E-state index in [0.29, 0.717) is 5.92 Å². The maximum Gasteiger partial charge on any atom is 0.248 e. The Balaban J connectivity index is 2.07. The Morgan fingerprint density at radius 2 is 1.85 bits per heavy atom. The number of amides is 1. The number of aromatic nitrogens is 1. The summed E-state index contributed by atoms with van der Waals surface area (Å²) in [5.74, 6) is 0.241. The molecule has 3 heteroatoms. The Morgan fingerprint density at radius 1 is 1.15 bits per heavy atom. The molecule has 0 saturated heterocycles. The smallest absolute Gasteiger partial charge is 0.248 e. The second-order valence-electron chi connectivity index (χ2n) is 4.85. The molecule has 0 fully saturated rings. The van der Waals surface area contributed by atoms with Crippen molar-refractivity contribution < 1.29 is 4.79 Å². The van der Waals surface area contributed by atoms with Crippen molar-refractivity contribution in [1.82, 2.24) is 4.98 Å². The van der Waals surface area contributed by atoms with E-state index < -0.39 is 0 Å². The first-order valence-electron chi connectivity index (χ1n) is 6.65. The topological polar surface area (TPSA) is 42.0 Å². The summed E-state index contributed by atoms with van der Waals surface area (Å²) in [4.78, 5) is 15.9. The van der Waals surface area contributed by atoms with Gasteiger partial charge in [0, 0.05) is 24.2 Å². The number of benzene rings is 1. The molecule has 0 aliphatic carbocycles. The van der Waals surface area contributed by atoms with Gasteiger partial charge in [0.1, 0.15) is 0 Å². The molecule has 2 rings (SSSR count). The molecule has 0 unspecified atom stereocenters. The number of carbonyl (C=O) groups is 1. The fourth-order valence-corrected chi connectivity index (χ4v) is 1.94. The third-order valence-electron chi connectivity index (χ3n) is 2.97. The van der Waals surface area contributed by atoms with E-state index in [1.807, 2.05) is 36.4 Å². The van der Waals surface area contributed by atoms with Gasteiger partial charge >= 0.3 is 0 Å². The second kappa shape index (κ2) is 6.66. The lowest BCUT2D eigenvalue weighted by Gasteiger charge is -2.12. The molecule has 0 atom stereocenters. The van der Waals surface area contributed by atoms with Crippen molar-refractivity contribution in [2.24, 2.45) is 0 Å². The molecular weight excluding hydrogens is 248 g/mol. The SMILES string of the molecule is CC(C)c1ccccc1NC(=O)/C=C/c1ccncc1. The summed E-state index contributed by atoms with van der Waals surface area (Å²) in [6.07, 6.45) is 6.71. The molecule has 1 heterocycles. The highest BCUT2D eigenvalue weighted by atomic mass is 16.1. The number of para-hydroxylation sites is 1.